The van der Waals surface area contributed by atoms with E-state index in [1.807, 2.05) is 4.90 Å². The number of hydrogen-bond acceptors (Lipinski definition) is 5. The largest absolute Gasteiger partial charge is 0.450 e. The van der Waals surface area contributed by atoms with E-state index in [0.29, 0.717) is 45.3 Å². The van der Waals surface area contributed by atoms with Crippen LogP contribution in [0.5, 0.6) is 0 Å². The van der Waals surface area contributed by atoms with Crippen LogP contribution in [0, 0.1) is 0 Å². The van der Waals surface area contributed by atoms with Crippen LogP contribution in [0.1, 0.15) is 27.7 Å². The molecule has 0 aliphatic carbocycles. The minimum atomic E-state index is -3.16. The fourth-order valence-electron chi connectivity index (χ4n) is 2.25. The van der Waals surface area contributed by atoms with Gasteiger partial charge in [0.2, 0.25) is 0 Å². The van der Waals surface area contributed by atoms with Crippen molar-refractivity contribution in [1.29, 1.82) is 0 Å². The van der Waals surface area contributed by atoms with E-state index in [0.717, 1.165) is 0 Å². The normalized spacial score (nSPS) is 16.3. The maximum atomic E-state index is 12.1. The van der Waals surface area contributed by atoms with Gasteiger partial charge in [-0.1, -0.05) is 0 Å². The van der Waals surface area contributed by atoms with Gasteiger partial charge in [0.15, 0.2) is 15.8 Å². The Bertz CT molecular complexity index is 552. The second-order valence-electron chi connectivity index (χ2n) is 6.58. The first-order chi connectivity index (χ1) is 11.1. The first-order valence-electron chi connectivity index (χ1n) is 8.22. The van der Waals surface area contributed by atoms with Crippen molar-refractivity contribution in [3.8, 4) is 0 Å². The van der Waals surface area contributed by atoms with Crippen LogP contribution in [0.2, 0.25) is 0 Å². The first kappa shape index (κ1) is 24.2. The van der Waals surface area contributed by atoms with Crippen molar-refractivity contribution in [3.63, 3.8) is 0 Å². The summed E-state index contributed by atoms with van der Waals surface area (Å²) in [5.41, 5.74) is 0. The molecule has 1 amide bonds. The maximum absolute atomic E-state index is 12.1. The highest BCUT2D eigenvalue weighted by atomic mass is 127. The van der Waals surface area contributed by atoms with Crippen molar-refractivity contribution in [1.82, 2.24) is 15.1 Å². The summed E-state index contributed by atoms with van der Waals surface area (Å²) in [5.74, 6) is 0.709. The van der Waals surface area contributed by atoms with Gasteiger partial charge in [0.05, 0.1) is 17.1 Å². The van der Waals surface area contributed by atoms with Crippen LogP contribution in [0.3, 0.4) is 0 Å². The molecule has 1 aliphatic heterocycles. The monoisotopic (exact) mass is 490 g/mol. The molecule has 1 heterocycles. The molecule has 8 nitrogen and oxygen atoms in total. The van der Waals surface area contributed by atoms with Crippen molar-refractivity contribution in [3.05, 3.63) is 0 Å². The van der Waals surface area contributed by atoms with Crippen molar-refractivity contribution in [2.75, 3.05) is 52.1 Å². The van der Waals surface area contributed by atoms with E-state index in [4.69, 9.17) is 4.74 Å². The topological polar surface area (TPSA) is 91.3 Å². The lowest BCUT2D eigenvalue weighted by atomic mass is 10.3. The number of aliphatic imine (C=N–C) groups is 1. The van der Waals surface area contributed by atoms with E-state index >= 15 is 0 Å². The summed E-state index contributed by atoms with van der Waals surface area (Å²) in [6, 6.07) is 0. The molecular weight excluding hydrogens is 459 g/mol. The molecule has 1 saturated heterocycles. The summed E-state index contributed by atoms with van der Waals surface area (Å²) in [7, 11) is -1.50. The Morgan fingerprint density at radius 2 is 1.68 bits per heavy atom. The van der Waals surface area contributed by atoms with E-state index in [1.54, 1.807) is 39.6 Å². The highest BCUT2D eigenvalue weighted by Crippen LogP contribution is 2.15. The van der Waals surface area contributed by atoms with E-state index in [9.17, 15) is 13.2 Å². The fourth-order valence-corrected chi connectivity index (χ4v) is 3.23. The molecule has 0 radical (unpaired) electrons. The molecule has 10 heteroatoms. The Balaban J connectivity index is 0.00000576. The quantitative estimate of drug-likeness (QED) is 0.362. The predicted molar refractivity (Wildman–Crippen MR) is 110 cm³/mol. The minimum absolute atomic E-state index is 0. The molecule has 0 bridgehead atoms. The standard InChI is InChI=1S/C15H30N4O4S.HI/c1-6-23-14(20)19-10-8-18(9-11-19)13(16-5)17-7-12-24(21,22)15(2,3)4;/h6-12H2,1-5H3,(H,16,17);1H. The van der Waals surface area contributed by atoms with Crippen LogP contribution in [0.15, 0.2) is 4.99 Å². The second-order valence-corrected chi connectivity index (χ2v) is 9.44. The number of hydrogen-bond donors (Lipinski definition) is 1. The van der Waals surface area contributed by atoms with Gasteiger partial charge in [-0.15, -0.1) is 24.0 Å². The first-order valence-corrected chi connectivity index (χ1v) is 9.87. The average Bonchev–Trinajstić information content (AvgIpc) is 2.51. The third kappa shape index (κ3) is 7.16. The molecule has 0 atom stereocenters. The van der Waals surface area contributed by atoms with Gasteiger partial charge in [-0.2, -0.15) is 0 Å². The highest BCUT2D eigenvalue weighted by Gasteiger charge is 2.29. The number of guanidine groups is 1. The maximum Gasteiger partial charge on any atom is 0.409 e. The van der Waals surface area contributed by atoms with Crippen LogP contribution in [-0.2, 0) is 14.6 Å². The third-order valence-corrected chi connectivity index (χ3v) is 6.51. The third-order valence-electron chi connectivity index (χ3n) is 3.90. The average molecular weight is 490 g/mol. The van der Waals surface area contributed by atoms with E-state index < -0.39 is 14.6 Å². The summed E-state index contributed by atoms with van der Waals surface area (Å²) in [6.07, 6.45) is -0.295. The lowest BCUT2D eigenvalue weighted by molar-refractivity contribution is 0.0915. The Morgan fingerprint density at radius 3 is 2.12 bits per heavy atom. The van der Waals surface area contributed by atoms with Gasteiger partial charge in [0, 0.05) is 39.8 Å². The molecule has 0 aromatic carbocycles. The highest BCUT2D eigenvalue weighted by molar-refractivity contribution is 14.0. The molecular formula is C15H31IN4O4S. The summed E-state index contributed by atoms with van der Waals surface area (Å²) in [5, 5.41) is 3.10. The Labute approximate surface area is 168 Å². The molecule has 0 aromatic rings. The molecule has 0 saturated carbocycles. The molecule has 25 heavy (non-hydrogen) atoms. The number of piperazine rings is 1. The summed E-state index contributed by atoms with van der Waals surface area (Å²) in [6.45, 7) is 9.93. The molecule has 0 aromatic heterocycles. The molecule has 1 N–H and O–H groups in total. The molecule has 0 spiro atoms. The van der Waals surface area contributed by atoms with Crippen LogP contribution in [-0.4, -0.2) is 87.1 Å². The summed E-state index contributed by atoms with van der Waals surface area (Å²) < 4.78 is 28.5. The Hall–Kier alpha value is -0.780. The van der Waals surface area contributed by atoms with Gasteiger partial charge in [-0.25, -0.2) is 13.2 Å². The number of ether oxygens (including phenoxy) is 1. The minimum Gasteiger partial charge on any atom is -0.450 e. The van der Waals surface area contributed by atoms with Crippen LogP contribution in [0.4, 0.5) is 4.79 Å². The van der Waals surface area contributed by atoms with Gasteiger partial charge < -0.3 is 19.9 Å². The van der Waals surface area contributed by atoms with Gasteiger partial charge >= 0.3 is 6.09 Å². The Kier molecular flexibility index (Phi) is 10.1. The van der Waals surface area contributed by atoms with Crippen LogP contribution < -0.4 is 5.32 Å². The molecule has 148 valence electrons. The number of amides is 1. The lowest BCUT2D eigenvalue weighted by Gasteiger charge is -2.35. The Morgan fingerprint density at radius 1 is 1.16 bits per heavy atom. The van der Waals surface area contributed by atoms with Crippen LogP contribution in [0.25, 0.3) is 0 Å². The van der Waals surface area contributed by atoms with E-state index in [1.165, 1.54) is 0 Å². The van der Waals surface area contributed by atoms with Crippen molar-refractivity contribution < 1.29 is 17.9 Å². The van der Waals surface area contributed by atoms with Gasteiger partial charge in [0.1, 0.15) is 0 Å². The molecule has 1 fully saturated rings. The zero-order valence-corrected chi connectivity index (χ0v) is 18.9. The molecule has 0 unspecified atom stereocenters. The predicted octanol–water partition coefficient (Wildman–Crippen LogP) is 1.17. The van der Waals surface area contributed by atoms with E-state index in [2.05, 4.69) is 10.3 Å². The lowest BCUT2D eigenvalue weighted by Crippen LogP contribution is -2.54. The second kappa shape index (κ2) is 10.4. The zero-order valence-electron chi connectivity index (χ0n) is 15.7. The number of rotatable bonds is 4. The van der Waals surface area contributed by atoms with Gasteiger partial charge in [-0.3, -0.25) is 4.99 Å². The van der Waals surface area contributed by atoms with Crippen molar-refractivity contribution >= 4 is 45.9 Å². The fraction of sp³-hybridized carbons (Fsp3) is 0.867. The smallest absolute Gasteiger partial charge is 0.409 e. The number of sulfone groups is 1. The SMILES string of the molecule is CCOC(=O)N1CCN(C(=NC)NCCS(=O)(=O)C(C)(C)C)CC1.I. The van der Waals surface area contributed by atoms with Crippen molar-refractivity contribution in [2.24, 2.45) is 4.99 Å². The number of halogens is 1. The zero-order chi connectivity index (χ0) is 18.4. The van der Waals surface area contributed by atoms with Crippen LogP contribution >= 0.6 is 24.0 Å². The number of carbonyl (C=O) groups excluding carboxylic acids is 1. The molecule has 1 aliphatic rings. The number of nitrogens with zero attached hydrogens (tertiary/aromatic N) is 3. The van der Waals surface area contributed by atoms with Gasteiger partial charge in [0.25, 0.3) is 0 Å². The number of carbonyl (C=O) groups is 1. The number of nitrogens with one attached hydrogen (secondary N) is 1. The van der Waals surface area contributed by atoms with Crippen molar-refractivity contribution in [2.45, 2.75) is 32.4 Å². The van der Waals surface area contributed by atoms with E-state index in [-0.39, 0.29) is 35.8 Å². The molecule has 1 rings (SSSR count). The summed E-state index contributed by atoms with van der Waals surface area (Å²) >= 11 is 0. The van der Waals surface area contributed by atoms with Gasteiger partial charge in [-0.05, 0) is 27.7 Å². The summed E-state index contributed by atoms with van der Waals surface area (Å²) in [4.78, 5) is 19.6.